The molecule has 1 aromatic heterocycles. The van der Waals surface area contributed by atoms with Crippen LogP contribution in [-0.2, 0) is 16.0 Å². The standard InChI is InChI=1S/C22H29N3O4/c1-14-12-24(22(4,5)13-29-14)21(28)17-6-8-18(9-7-17)25-16(3)19(15(2)23-25)10-11-20(26)27/h6-9,14H,10-13H2,1-5H3,(H,26,27). The number of carboxylic acid groups (broad SMARTS) is 1. The highest BCUT2D eigenvalue weighted by Gasteiger charge is 2.37. The third-order valence-electron chi connectivity index (χ3n) is 5.53. The van der Waals surface area contributed by atoms with Crippen LogP contribution in [0.25, 0.3) is 5.69 Å². The third kappa shape index (κ3) is 4.34. The SMILES string of the molecule is Cc1nn(-c2ccc(C(=O)N3CC(C)OCC3(C)C)cc2)c(C)c1CCC(=O)O. The van der Waals surface area contributed by atoms with Crippen molar-refractivity contribution in [1.82, 2.24) is 14.7 Å². The van der Waals surface area contributed by atoms with E-state index in [1.807, 2.05) is 68.5 Å². The highest BCUT2D eigenvalue weighted by molar-refractivity contribution is 5.95. The maximum atomic E-state index is 13.1. The van der Waals surface area contributed by atoms with Crippen molar-refractivity contribution in [2.75, 3.05) is 13.2 Å². The number of nitrogens with zero attached hydrogens (tertiary/aromatic N) is 3. The van der Waals surface area contributed by atoms with Crippen LogP contribution in [-0.4, -0.2) is 56.5 Å². The van der Waals surface area contributed by atoms with Gasteiger partial charge in [-0.25, -0.2) is 4.68 Å². The number of aryl methyl sites for hydroxylation is 1. The number of hydrogen-bond donors (Lipinski definition) is 1. The topological polar surface area (TPSA) is 84.7 Å². The minimum atomic E-state index is -0.820. The van der Waals surface area contributed by atoms with Crippen LogP contribution in [0, 0.1) is 13.8 Å². The zero-order chi connectivity index (χ0) is 21.3. The number of benzene rings is 1. The first-order chi connectivity index (χ1) is 13.6. The molecule has 156 valence electrons. The molecule has 0 radical (unpaired) electrons. The molecule has 0 aliphatic carbocycles. The molecular weight excluding hydrogens is 370 g/mol. The first-order valence-corrected chi connectivity index (χ1v) is 9.91. The minimum absolute atomic E-state index is 0.00721. The fourth-order valence-electron chi connectivity index (χ4n) is 3.76. The van der Waals surface area contributed by atoms with Gasteiger partial charge < -0.3 is 14.7 Å². The second-order valence-corrected chi connectivity index (χ2v) is 8.35. The van der Waals surface area contributed by atoms with Gasteiger partial charge in [-0.15, -0.1) is 0 Å². The van der Waals surface area contributed by atoms with Crippen LogP contribution < -0.4 is 0 Å². The number of ether oxygens (including phenoxy) is 1. The van der Waals surface area contributed by atoms with E-state index in [0.717, 1.165) is 22.6 Å². The van der Waals surface area contributed by atoms with Gasteiger partial charge >= 0.3 is 5.97 Å². The van der Waals surface area contributed by atoms with Gasteiger partial charge in [-0.1, -0.05) is 0 Å². The van der Waals surface area contributed by atoms with E-state index < -0.39 is 5.97 Å². The number of carboxylic acids is 1. The predicted molar refractivity (Wildman–Crippen MR) is 110 cm³/mol. The molecule has 1 aromatic carbocycles. The Morgan fingerprint density at radius 2 is 1.90 bits per heavy atom. The summed E-state index contributed by atoms with van der Waals surface area (Å²) in [6.45, 7) is 10.9. The molecule has 0 saturated carbocycles. The highest BCUT2D eigenvalue weighted by atomic mass is 16.5. The molecule has 0 bridgehead atoms. The number of amides is 1. The monoisotopic (exact) mass is 399 g/mol. The van der Waals surface area contributed by atoms with Gasteiger partial charge in [0.05, 0.1) is 29.6 Å². The van der Waals surface area contributed by atoms with Crippen molar-refractivity contribution in [2.24, 2.45) is 0 Å². The quantitative estimate of drug-likeness (QED) is 0.835. The van der Waals surface area contributed by atoms with Crippen LogP contribution in [0.4, 0.5) is 0 Å². The molecule has 7 heteroatoms. The van der Waals surface area contributed by atoms with Crippen LogP contribution in [0.1, 0.15) is 54.5 Å². The van der Waals surface area contributed by atoms with Crippen molar-refractivity contribution in [3.63, 3.8) is 0 Å². The summed E-state index contributed by atoms with van der Waals surface area (Å²) >= 11 is 0. The highest BCUT2D eigenvalue weighted by Crippen LogP contribution is 2.25. The molecule has 1 atom stereocenters. The van der Waals surface area contributed by atoms with Crippen LogP contribution in [0.5, 0.6) is 0 Å². The Labute approximate surface area is 171 Å². The van der Waals surface area contributed by atoms with Gasteiger partial charge in [0, 0.05) is 24.2 Å². The van der Waals surface area contributed by atoms with Crippen LogP contribution in [0.3, 0.4) is 0 Å². The molecule has 2 aromatic rings. The molecule has 1 fully saturated rings. The van der Waals surface area contributed by atoms with E-state index in [1.165, 1.54) is 0 Å². The van der Waals surface area contributed by atoms with E-state index in [1.54, 1.807) is 0 Å². The molecular formula is C22H29N3O4. The smallest absolute Gasteiger partial charge is 0.303 e. The number of hydrogen-bond acceptors (Lipinski definition) is 4. The number of aliphatic carboxylic acids is 1. The Balaban J connectivity index is 1.83. The lowest BCUT2D eigenvalue weighted by molar-refractivity contribution is -0.136. The number of rotatable bonds is 5. The minimum Gasteiger partial charge on any atom is -0.481 e. The first-order valence-electron chi connectivity index (χ1n) is 9.91. The van der Waals surface area contributed by atoms with E-state index in [4.69, 9.17) is 9.84 Å². The van der Waals surface area contributed by atoms with E-state index in [2.05, 4.69) is 5.10 Å². The van der Waals surface area contributed by atoms with Crippen LogP contribution >= 0.6 is 0 Å². The number of morpholine rings is 1. The maximum Gasteiger partial charge on any atom is 0.303 e. The van der Waals surface area contributed by atoms with Crippen molar-refractivity contribution < 1.29 is 19.4 Å². The Bertz CT molecular complexity index is 915. The summed E-state index contributed by atoms with van der Waals surface area (Å²) in [5.41, 5.74) is 3.83. The summed E-state index contributed by atoms with van der Waals surface area (Å²) in [7, 11) is 0. The Hall–Kier alpha value is -2.67. The fourth-order valence-corrected chi connectivity index (χ4v) is 3.76. The van der Waals surface area contributed by atoms with Crippen LogP contribution in [0.15, 0.2) is 24.3 Å². The van der Waals surface area contributed by atoms with Crippen LogP contribution in [0.2, 0.25) is 0 Å². The molecule has 1 saturated heterocycles. The molecule has 0 spiro atoms. The molecule has 7 nitrogen and oxygen atoms in total. The molecule has 1 N–H and O–H groups in total. The second kappa shape index (κ2) is 7.99. The zero-order valence-electron chi connectivity index (χ0n) is 17.7. The lowest BCUT2D eigenvalue weighted by atomic mass is 9.99. The Kier molecular flexibility index (Phi) is 5.80. The summed E-state index contributed by atoms with van der Waals surface area (Å²) in [5, 5.41) is 13.5. The third-order valence-corrected chi connectivity index (χ3v) is 5.53. The number of carbonyl (C=O) groups excluding carboxylic acids is 1. The normalized spacial score (nSPS) is 18.7. The molecule has 1 unspecified atom stereocenters. The molecule has 1 amide bonds. The summed E-state index contributed by atoms with van der Waals surface area (Å²) in [5.74, 6) is -0.827. The average Bonchev–Trinajstić information content (AvgIpc) is 2.95. The Morgan fingerprint density at radius 1 is 1.24 bits per heavy atom. The summed E-state index contributed by atoms with van der Waals surface area (Å²) in [4.78, 5) is 25.9. The summed E-state index contributed by atoms with van der Waals surface area (Å²) in [6, 6.07) is 7.40. The fraction of sp³-hybridized carbons (Fsp3) is 0.500. The van der Waals surface area contributed by atoms with Gasteiger partial charge in [-0.2, -0.15) is 5.10 Å². The van der Waals surface area contributed by atoms with E-state index >= 15 is 0 Å². The van der Waals surface area contributed by atoms with E-state index in [-0.39, 0.29) is 24.0 Å². The summed E-state index contributed by atoms with van der Waals surface area (Å²) in [6.07, 6.45) is 0.549. The van der Waals surface area contributed by atoms with Gasteiger partial charge in [0.1, 0.15) is 0 Å². The zero-order valence-corrected chi connectivity index (χ0v) is 17.7. The van der Waals surface area contributed by atoms with Crippen molar-refractivity contribution in [1.29, 1.82) is 0 Å². The lowest BCUT2D eigenvalue weighted by Gasteiger charge is -2.44. The number of carbonyl (C=O) groups is 2. The first kappa shape index (κ1) is 21.0. The van der Waals surface area contributed by atoms with Crippen molar-refractivity contribution in [3.8, 4) is 5.69 Å². The molecule has 1 aliphatic rings. The van der Waals surface area contributed by atoms with E-state index in [9.17, 15) is 9.59 Å². The van der Waals surface area contributed by atoms with Gasteiger partial charge in [0.15, 0.2) is 0 Å². The second-order valence-electron chi connectivity index (χ2n) is 8.35. The van der Waals surface area contributed by atoms with Gasteiger partial charge in [0.2, 0.25) is 0 Å². The predicted octanol–water partition coefficient (Wildman–Crippen LogP) is 3.15. The van der Waals surface area contributed by atoms with Gasteiger partial charge in [-0.3, -0.25) is 9.59 Å². The molecule has 2 heterocycles. The molecule has 1 aliphatic heterocycles. The Morgan fingerprint density at radius 3 is 2.52 bits per heavy atom. The largest absolute Gasteiger partial charge is 0.481 e. The summed E-state index contributed by atoms with van der Waals surface area (Å²) < 4.78 is 7.51. The molecule has 3 rings (SSSR count). The number of aromatic nitrogens is 2. The maximum absolute atomic E-state index is 13.1. The van der Waals surface area contributed by atoms with Crippen molar-refractivity contribution in [3.05, 3.63) is 46.8 Å². The van der Waals surface area contributed by atoms with Gasteiger partial charge in [0.25, 0.3) is 5.91 Å². The van der Waals surface area contributed by atoms with Crippen molar-refractivity contribution in [2.45, 2.75) is 59.1 Å². The lowest BCUT2D eigenvalue weighted by Crippen LogP contribution is -2.57. The molecule has 29 heavy (non-hydrogen) atoms. The van der Waals surface area contributed by atoms with E-state index in [0.29, 0.717) is 25.1 Å². The van der Waals surface area contributed by atoms with Crippen molar-refractivity contribution >= 4 is 11.9 Å². The average molecular weight is 399 g/mol. The van der Waals surface area contributed by atoms with Gasteiger partial charge in [-0.05, 0) is 70.9 Å².